The predicted molar refractivity (Wildman–Crippen MR) is 107 cm³/mol. The number of hydrogen-bond donors (Lipinski definition) is 1. The number of carbonyl (C=O) groups is 2. The van der Waals surface area contributed by atoms with Gasteiger partial charge in [-0.2, -0.15) is 0 Å². The summed E-state index contributed by atoms with van der Waals surface area (Å²) in [5.41, 5.74) is 1.46. The van der Waals surface area contributed by atoms with E-state index in [1.807, 2.05) is 6.92 Å². The first-order valence-electron chi connectivity index (χ1n) is 9.14. The summed E-state index contributed by atoms with van der Waals surface area (Å²) in [6.45, 7) is 4.03. The Morgan fingerprint density at radius 1 is 1.14 bits per heavy atom. The molecule has 2 aromatic rings. The third-order valence-corrected chi connectivity index (χ3v) is 3.94. The fourth-order valence-electron chi connectivity index (χ4n) is 2.43. The molecular formula is C22H24FNO5. The monoisotopic (exact) mass is 401 g/mol. The summed E-state index contributed by atoms with van der Waals surface area (Å²) in [7, 11) is 1.55. The number of rotatable bonds is 9. The van der Waals surface area contributed by atoms with Gasteiger partial charge in [0.1, 0.15) is 5.82 Å². The molecule has 0 aromatic heterocycles. The maximum absolute atomic E-state index is 12.9. The number of halogens is 1. The molecule has 0 bridgehead atoms. The minimum atomic E-state index is -0.970. The van der Waals surface area contributed by atoms with Crippen molar-refractivity contribution >= 4 is 18.0 Å². The van der Waals surface area contributed by atoms with Crippen molar-refractivity contribution in [3.05, 3.63) is 65.5 Å². The van der Waals surface area contributed by atoms with E-state index in [0.717, 1.165) is 11.1 Å². The van der Waals surface area contributed by atoms with Gasteiger partial charge in [-0.05, 0) is 55.3 Å². The molecule has 0 fully saturated rings. The number of amides is 1. The molecule has 7 heteroatoms. The van der Waals surface area contributed by atoms with Gasteiger partial charge in [0.15, 0.2) is 17.6 Å². The summed E-state index contributed by atoms with van der Waals surface area (Å²) in [6, 6.07) is 11.0. The first-order chi connectivity index (χ1) is 13.9. The number of nitrogens with one attached hydrogen (secondary N) is 1. The van der Waals surface area contributed by atoms with Crippen molar-refractivity contribution in [2.75, 3.05) is 13.7 Å². The van der Waals surface area contributed by atoms with Gasteiger partial charge in [-0.3, -0.25) is 4.79 Å². The molecule has 2 rings (SSSR count). The Morgan fingerprint density at radius 2 is 1.86 bits per heavy atom. The minimum absolute atomic E-state index is 0.211. The molecule has 0 aliphatic rings. The molecule has 0 heterocycles. The van der Waals surface area contributed by atoms with Crippen molar-refractivity contribution in [2.45, 2.75) is 26.5 Å². The Hall–Kier alpha value is -3.35. The summed E-state index contributed by atoms with van der Waals surface area (Å²) < 4.78 is 28.7. The van der Waals surface area contributed by atoms with E-state index in [9.17, 15) is 14.0 Å². The van der Waals surface area contributed by atoms with E-state index in [0.29, 0.717) is 18.1 Å². The molecule has 6 nitrogen and oxygen atoms in total. The normalized spacial score (nSPS) is 11.7. The van der Waals surface area contributed by atoms with Gasteiger partial charge in [0.25, 0.3) is 5.91 Å². The first kappa shape index (κ1) is 21.9. The Morgan fingerprint density at radius 3 is 2.52 bits per heavy atom. The fourth-order valence-corrected chi connectivity index (χ4v) is 2.43. The molecule has 0 radical (unpaired) electrons. The molecule has 0 aliphatic heterocycles. The molecule has 0 saturated carbocycles. The van der Waals surface area contributed by atoms with Crippen LogP contribution in [0, 0.1) is 5.82 Å². The van der Waals surface area contributed by atoms with Crippen molar-refractivity contribution in [3.63, 3.8) is 0 Å². The maximum atomic E-state index is 12.9. The lowest BCUT2D eigenvalue weighted by molar-refractivity contribution is -0.150. The van der Waals surface area contributed by atoms with E-state index in [-0.39, 0.29) is 12.4 Å². The zero-order valence-corrected chi connectivity index (χ0v) is 16.6. The SMILES string of the molecule is CCOc1cc(/C=C/C(=O)O[C@@H](C)C(=O)NCc2ccc(F)cc2)ccc1OC. The summed E-state index contributed by atoms with van der Waals surface area (Å²) in [4.78, 5) is 24.1. The van der Waals surface area contributed by atoms with Gasteiger partial charge in [0, 0.05) is 12.6 Å². The Bertz CT molecular complexity index is 864. The predicted octanol–water partition coefficient (Wildman–Crippen LogP) is 3.49. The second-order valence-corrected chi connectivity index (χ2v) is 6.10. The quantitative estimate of drug-likeness (QED) is 0.514. The molecule has 0 aliphatic carbocycles. The van der Waals surface area contributed by atoms with Crippen LogP contribution in [-0.2, 0) is 20.9 Å². The van der Waals surface area contributed by atoms with Crippen molar-refractivity contribution in [3.8, 4) is 11.5 Å². The highest BCUT2D eigenvalue weighted by Gasteiger charge is 2.16. The average Bonchev–Trinajstić information content (AvgIpc) is 2.72. The van der Waals surface area contributed by atoms with Crippen LogP contribution < -0.4 is 14.8 Å². The fraction of sp³-hybridized carbons (Fsp3) is 0.273. The van der Waals surface area contributed by atoms with E-state index in [1.54, 1.807) is 43.5 Å². The Kier molecular flexibility index (Phi) is 8.21. The van der Waals surface area contributed by atoms with Crippen molar-refractivity contribution < 1.29 is 28.2 Å². The van der Waals surface area contributed by atoms with Gasteiger partial charge >= 0.3 is 5.97 Å². The third kappa shape index (κ3) is 6.95. The zero-order valence-electron chi connectivity index (χ0n) is 16.6. The first-order valence-corrected chi connectivity index (χ1v) is 9.14. The highest BCUT2D eigenvalue weighted by atomic mass is 19.1. The van der Waals surface area contributed by atoms with E-state index < -0.39 is 18.0 Å². The van der Waals surface area contributed by atoms with Crippen LogP contribution in [0.2, 0.25) is 0 Å². The molecular weight excluding hydrogens is 377 g/mol. The van der Waals surface area contributed by atoms with Gasteiger partial charge in [-0.1, -0.05) is 18.2 Å². The molecule has 0 unspecified atom stereocenters. The number of benzene rings is 2. The minimum Gasteiger partial charge on any atom is -0.493 e. The van der Waals surface area contributed by atoms with Gasteiger partial charge < -0.3 is 19.5 Å². The zero-order chi connectivity index (χ0) is 21.2. The molecule has 0 saturated heterocycles. The van der Waals surface area contributed by atoms with Gasteiger partial charge in [0.05, 0.1) is 13.7 Å². The molecule has 1 N–H and O–H groups in total. The van der Waals surface area contributed by atoms with Crippen LogP contribution in [0.1, 0.15) is 25.0 Å². The standard InChI is InChI=1S/C22H24FNO5/c1-4-28-20-13-16(7-11-19(20)27-3)8-12-21(25)29-15(2)22(26)24-14-17-5-9-18(23)10-6-17/h5-13,15H,4,14H2,1-3H3,(H,24,26)/b12-8+/t15-/m0/s1. The van der Waals surface area contributed by atoms with Gasteiger partial charge in [-0.15, -0.1) is 0 Å². The van der Waals surface area contributed by atoms with Crippen LogP contribution in [0.3, 0.4) is 0 Å². The van der Waals surface area contributed by atoms with Gasteiger partial charge in [0.2, 0.25) is 0 Å². The van der Waals surface area contributed by atoms with E-state index in [4.69, 9.17) is 14.2 Å². The van der Waals surface area contributed by atoms with Crippen LogP contribution in [0.25, 0.3) is 6.08 Å². The van der Waals surface area contributed by atoms with Crippen LogP contribution in [0.5, 0.6) is 11.5 Å². The van der Waals surface area contributed by atoms with Crippen LogP contribution in [0.15, 0.2) is 48.5 Å². The summed E-state index contributed by atoms with van der Waals surface area (Å²) >= 11 is 0. The largest absolute Gasteiger partial charge is 0.493 e. The second kappa shape index (κ2) is 10.8. The number of methoxy groups -OCH3 is 1. The van der Waals surface area contributed by atoms with Crippen molar-refractivity contribution in [1.29, 1.82) is 0 Å². The number of esters is 1. The Labute approximate surface area is 169 Å². The molecule has 29 heavy (non-hydrogen) atoms. The van der Waals surface area contributed by atoms with E-state index >= 15 is 0 Å². The van der Waals surface area contributed by atoms with Crippen LogP contribution >= 0.6 is 0 Å². The van der Waals surface area contributed by atoms with E-state index in [1.165, 1.54) is 25.1 Å². The lowest BCUT2D eigenvalue weighted by Gasteiger charge is -2.12. The summed E-state index contributed by atoms with van der Waals surface area (Å²) in [5.74, 6) is -0.279. The number of ether oxygens (including phenoxy) is 3. The van der Waals surface area contributed by atoms with E-state index in [2.05, 4.69) is 5.32 Å². The lowest BCUT2D eigenvalue weighted by atomic mass is 10.2. The lowest BCUT2D eigenvalue weighted by Crippen LogP contribution is -2.35. The summed E-state index contributed by atoms with van der Waals surface area (Å²) in [6.07, 6.45) is 1.83. The van der Waals surface area contributed by atoms with Crippen molar-refractivity contribution in [1.82, 2.24) is 5.32 Å². The maximum Gasteiger partial charge on any atom is 0.331 e. The third-order valence-electron chi connectivity index (χ3n) is 3.94. The second-order valence-electron chi connectivity index (χ2n) is 6.10. The smallest absolute Gasteiger partial charge is 0.331 e. The molecule has 2 aromatic carbocycles. The summed E-state index contributed by atoms with van der Waals surface area (Å²) in [5, 5.41) is 2.64. The highest BCUT2D eigenvalue weighted by molar-refractivity contribution is 5.90. The Balaban J connectivity index is 1.87. The van der Waals surface area contributed by atoms with Crippen LogP contribution in [-0.4, -0.2) is 31.7 Å². The topological polar surface area (TPSA) is 73.9 Å². The van der Waals surface area contributed by atoms with Crippen LogP contribution in [0.4, 0.5) is 4.39 Å². The molecule has 1 amide bonds. The number of hydrogen-bond acceptors (Lipinski definition) is 5. The highest BCUT2D eigenvalue weighted by Crippen LogP contribution is 2.28. The molecule has 1 atom stereocenters. The molecule has 0 spiro atoms. The number of carbonyl (C=O) groups excluding carboxylic acids is 2. The van der Waals surface area contributed by atoms with Crippen molar-refractivity contribution in [2.24, 2.45) is 0 Å². The molecule has 154 valence electrons. The average molecular weight is 401 g/mol. The van der Waals surface area contributed by atoms with Gasteiger partial charge in [-0.25, -0.2) is 9.18 Å².